The molecule has 1 aromatic rings. The minimum Gasteiger partial charge on any atom is -0.383 e. The first-order chi connectivity index (χ1) is 4.79. The predicted molar refractivity (Wildman–Crippen MR) is 43.8 cm³/mol. The second kappa shape index (κ2) is 3.37. The fourth-order valence-corrected chi connectivity index (χ4v) is 1.12. The Bertz CT molecular complexity index is 203. The van der Waals surface area contributed by atoms with Gasteiger partial charge in [-0.05, 0) is 6.92 Å². The normalized spacial score (nSPS) is 9.30. The van der Waals surface area contributed by atoms with Crippen molar-refractivity contribution < 1.29 is 0 Å². The molecule has 2 nitrogen and oxygen atoms in total. The molecule has 0 aliphatic rings. The molecule has 0 fully saturated rings. The van der Waals surface area contributed by atoms with Crippen molar-refractivity contribution in [2.45, 2.75) is 13.5 Å². The number of thiazole rings is 1. The monoisotopic (exact) mass is 154 g/mol. The maximum atomic E-state index is 4.10. The van der Waals surface area contributed by atoms with Gasteiger partial charge < -0.3 is 5.32 Å². The first-order valence-corrected chi connectivity index (χ1v) is 3.95. The summed E-state index contributed by atoms with van der Waals surface area (Å²) in [6.07, 6.45) is 1.81. The zero-order chi connectivity index (χ0) is 7.40. The molecule has 0 saturated carbocycles. The van der Waals surface area contributed by atoms with E-state index in [-0.39, 0.29) is 0 Å². The summed E-state index contributed by atoms with van der Waals surface area (Å²) in [7, 11) is 0. The predicted octanol–water partition coefficient (Wildman–Crippen LogP) is 1.77. The van der Waals surface area contributed by atoms with Gasteiger partial charge in [0, 0.05) is 17.3 Å². The van der Waals surface area contributed by atoms with Crippen LogP contribution in [0.15, 0.2) is 23.9 Å². The van der Waals surface area contributed by atoms with Crippen LogP contribution in [0.25, 0.3) is 0 Å². The van der Waals surface area contributed by atoms with Crippen molar-refractivity contribution in [3.05, 3.63) is 28.9 Å². The Kier molecular flexibility index (Phi) is 2.45. The number of hydrogen-bond donors (Lipinski definition) is 1. The van der Waals surface area contributed by atoms with Crippen molar-refractivity contribution in [2.75, 3.05) is 0 Å². The number of nitrogens with zero attached hydrogens (tertiary/aromatic N) is 1. The molecule has 0 radical (unpaired) electrons. The van der Waals surface area contributed by atoms with Crippen LogP contribution in [0.4, 0.5) is 0 Å². The maximum absolute atomic E-state index is 4.10. The highest BCUT2D eigenvalue weighted by Crippen LogP contribution is 2.02. The van der Waals surface area contributed by atoms with Crippen molar-refractivity contribution >= 4 is 11.3 Å². The number of aromatic nitrogens is 1. The largest absolute Gasteiger partial charge is 0.383 e. The van der Waals surface area contributed by atoms with E-state index in [1.165, 1.54) is 0 Å². The maximum Gasteiger partial charge on any atom is 0.112 e. The third-order valence-corrected chi connectivity index (χ3v) is 1.80. The van der Waals surface area contributed by atoms with Gasteiger partial charge in [0.2, 0.25) is 0 Å². The molecule has 0 amide bonds. The number of hydrogen-bond acceptors (Lipinski definition) is 3. The van der Waals surface area contributed by atoms with E-state index in [4.69, 9.17) is 0 Å². The smallest absolute Gasteiger partial charge is 0.112 e. The summed E-state index contributed by atoms with van der Waals surface area (Å²) >= 11 is 1.65. The van der Waals surface area contributed by atoms with Crippen LogP contribution in [-0.2, 0) is 6.54 Å². The highest BCUT2D eigenvalue weighted by atomic mass is 32.1. The topological polar surface area (TPSA) is 24.9 Å². The van der Waals surface area contributed by atoms with E-state index < -0.39 is 0 Å². The van der Waals surface area contributed by atoms with E-state index in [1.54, 1.807) is 17.5 Å². The molecular weight excluding hydrogens is 144 g/mol. The Labute approximate surface area is 64.6 Å². The average molecular weight is 154 g/mol. The molecule has 10 heavy (non-hydrogen) atoms. The lowest BCUT2D eigenvalue weighted by Gasteiger charge is -1.99. The lowest BCUT2D eigenvalue weighted by atomic mass is 10.5. The van der Waals surface area contributed by atoms with Gasteiger partial charge >= 0.3 is 0 Å². The third kappa shape index (κ3) is 2.19. The van der Waals surface area contributed by atoms with Gasteiger partial charge in [-0.3, -0.25) is 0 Å². The number of nitrogens with one attached hydrogen (secondary N) is 1. The third-order valence-electron chi connectivity index (χ3n) is 1.02. The van der Waals surface area contributed by atoms with Crippen LogP contribution in [0, 0.1) is 0 Å². The van der Waals surface area contributed by atoms with Gasteiger partial charge in [0.25, 0.3) is 0 Å². The Balaban J connectivity index is 2.35. The van der Waals surface area contributed by atoms with Crippen LogP contribution in [0.1, 0.15) is 11.9 Å². The van der Waals surface area contributed by atoms with Crippen LogP contribution in [0.2, 0.25) is 0 Å². The van der Waals surface area contributed by atoms with E-state index in [0.29, 0.717) is 0 Å². The van der Waals surface area contributed by atoms with Gasteiger partial charge in [-0.25, -0.2) is 4.98 Å². The second-order valence-corrected chi connectivity index (χ2v) is 3.04. The van der Waals surface area contributed by atoms with Gasteiger partial charge in [0.05, 0.1) is 6.54 Å². The van der Waals surface area contributed by atoms with Gasteiger partial charge in [0.1, 0.15) is 5.01 Å². The zero-order valence-corrected chi connectivity index (χ0v) is 6.74. The van der Waals surface area contributed by atoms with E-state index in [9.17, 15) is 0 Å². The molecule has 0 atom stereocenters. The van der Waals surface area contributed by atoms with Crippen molar-refractivity contribution in [1.82, 2.24) is 10.3 Å². The van der Waals surface area contributed by atoms with Crippen LogP contribution in [0.3, 0.4) is 0 Å². The number of allylic oxidation sites excluding steroid dienone is 1. The molecule has 1 heterocycles. The molecule has 1 aromatic heterocycles. The van der Waals surface area contributed by atoms with E-state index in [0.717, 1.165) is 17.2 Å². The highest BCUT2D eigenvalue weighted by Gasteiger charge is 1.91. The molecule has 0 aliphatic carbocycles. The van der Waals surface area contributed by atoms with E-state index in [2.05, 4.69) is 16.9 Å². The second-order valence-electron chi connectivity index (χ2n) is 2.06. The van der Waals surface area contributed by atoms with Crippen molar-refractivity contribution in [2.24, 2.45) is 0 Å². The molecule has 0 unspecified atom stereocenters. The lowest BCUT2D eigenvalue weighted by Crippen LogP contribution is -2.08. The molecule has 1 rings (SSSR count). The van der Waals surface area contributed by atoms with Crippen molar-refractivity contribution in [3.8, 4) is 0 Å². The summed E-state index contributed by atoms with van der Waals surface area (Å²) in [5.74, 6) is 0. The standard InChI is InChI=1S/C7H10N2S/c1-6(2)9-5-7-8-3-4-10-7/h3-4,9H,1,5H2,2H3. The quantitative estimate of drug-likeness (QED) is 0.717. The Morgan fingerprint density at radius 3 is 3.20 bits per heavy atom. The van der Waals surface area contributed by atoms with E-state index in [1.807, 2.05) is 12.3 Å². The minimum atomic E-state index is 0.799. The fourth-order valence-electron chi connectivity index (χ4n) is 0.567. The Morgan fingerprint density at radius 2 is 2.70 bits per heavy atom. The summed E-state index contributed by atoms with van der Waals surface area (Å²) in [6, 6.07) is 0. The molecule has 0 spiro atoms. The molecule has 0 aromatic carbocycles. The molecule has 0 saturated heterocycles. The summed E-state index contributed by atoms with van der Waals surface area (Å²) in [5, 5.41) is 6.17. The van der Waals surface area contributed by atoms with Crippen LogP contribution in [0.5, 0.6) is 0 Å². The Morgan fingerprint density at radius 1 is 1.90 bits per heavy atom. The van der Waals surface area contributed by atoms with Gasteiger partial charge in [-0.1, -0.05) is 6.58 Å². The summed E-state index contributed by atoms with van der Waals surface area (Å²) in [5.41, 5.74) is 0.982. The molecular formula is C7H10N2S. The van der Waals surface area contributed by atoms with Gasteiger partial charge in [0.15, 0.2) is 0 Å². The summed E-state index contributed by atoms with van der Waals surface area (Å²) in [6.45, 7) is 6.46. The van der Waals surface area contributed by atoms with Crippen LogP contribution >= 0.6 is 11.3 Å². The lowest BCUT2D eigenvalue weighted by molar-refractivity contribution is 0.808. The van der Waals surface area contributed by atoms with Crippen molar-refractivity contribution in [3.63, 3.8) is 0 Å². The molecule has 3 heteroatoms. The molecule has 54 valence electrons. The fraction of sp³-hybridized carbons (Fsp3) is 0.286. The molecule has 0 aliphatic heterocycles. The minimum absolute atomic E-state index is 0.799. The van der Waals surface area contributed by atoms with Gasteiger partial charge in [-0.2, -0.15) is 0 Å². The van der Waals surface area contributed by atoms with Crippen LogP contribution < -0.4 is 5.32 Å². The summed E-state index contributed by atoms with van der Waals surface area (Å²) in [4.78, 5) is 4.10. The first kappa shape index (κ1) is 7.28. The average Bonchev–Trinajstić information content (AvgIpc) is 2.34. The van der Waals surface area contributed by atoms with Gasteiger partial charge in [-0.15, -0.1) is 11.3 Å². The zero-order valence-electron chi connectivity index (χ0n) is 5.92. The SMILES string of the molecule is C=C(C)NCc1nccs1. The molecule has 1 N–H and O–H groups in total. The Hall–Kier alpha value is -0.830. The summed E-state index contributed by atoms with van der Waals surface area (Å²) < 4.78 is 0. The highest BCUT2D eigenvalue weighted by molar-refractivity contribution is 7.09. The number of rotatable bonds is 3. The van der Waals surface area contributed by atoms with Crippen LogP contribution in [-0.4, -0.2) is 4.98 Å². The first-order valence-electron chi connectivity index (χ1n) is 3.07. The van der Waals surface area contributed by atoms with E-state index >= 15 is 0 Å². The molecule has 0 bridgehead atoms. The van der Waals surface area contributed by atoms with Crippen molar-refractivity contribution in [1.29, 1.82) is 0 Å².